The Morgan fingerprint density at radius 2 is 2.33 bits per heavy atom. The van der Waals surface area contributed by atoms with Crippen LogP contribution in [0.3, 0.4) is 0 Å². The fraction of sp³-hybridized carbons (Fsp3) is 0.588. The number of nitrogens with zero attached hydrogens (tertiary/aromatic N) is 1. The Bertz CT molecular complexity index is 476. The van der Waals surface area contributed by atoms with Gasteiger partial charge in [0.15, 0.2) is 0 Å². The van der Waals surface area contributed by atoms with Gasteiger partial charge in [0, 0.05) is 12.5 Å². The van der Waals surface area contributed by atoms with E-state index in [2.05, 4.69) is 6.07 Å². The highest BCUT2D eigenvalue weighted by atomic mass is 16.5. The summed E-state index contributed by atoms with van der Waals surface area (Å²) in [6, 6.07) is 8.25. The van der Waals surface area contributed by atoms with Gasteiger partial charge in [-0.05, 0) is 49.9 Å². The summed E-state index contributed by atoms with van der Waals surface area (Å²) in [7, 11) is 1.67. The molecule has 1 amide bonds. The Morgan fingerprint density at radius 3 is 3.05 bits per heavy atom. The van der Waals surface area contributed by atoms with Gasteiger partial charge in [-0.2, -0.15) is 0 Å². The van der Waals surface area contributed by atoms with Gasteiger partial charge in [0.25, 0.3) is 0 Å². The summed E-state index contributed by atoms with van der Waals surface area (Å²) in [5, 5.41) is 0. The molecule has 2 unspecified atom stereocenters. The van der Waals surface area contributed by atoms with Crippen LogP contribution in [0.1, 0.15) is 44.2 Å². The van der Waals surface area contributed by atoms with E-state index in [1.807, 2.05) is 30.0 Å². The highest BCUT2D eigenvalue weighted by Gasteiger charge is 2.32. The third-order valence-corrected chi connectivity index (χ3v) is 4.28. The van der Waals surface area contributed by atoms with Crippen molar-refractivity contribution in [2.75, 3.05) is 20.2 Å². The van der Waals surface area contributed by atoms with Gasteiger partial charge in [-0.1, -0.05) is 19.1 Å². The second-order valence-corrected chi connectivity index (χ2v) is 5.80. The predicted octanol–water partition coefficient (Wildman–Crippen LogP) is 2.73. The molecule has 1 aliphatic rings. The van der Waals surface area contributed by atoms with Crippen LogP contribution in [-0.2, 0) is 4.79 Å². The lowest BCUT2D eigenvalue weighted by atomic mass is 10.0. The Kier molecular flexibility index (Phi) is 5.62. The first-order valence-electron chi connectivity index (χ1n) is 7.82. The van der Waals surface area contributed by atoms with Crippen molar-refractivity contribution in [2.45, 2.75) is 38.6 Å². The molecule has 1 fully saturated rings. The minimum atomic E-state index is 0.0553. The molecule has 0 spiro atoms. The van der Waals surface area contributed by atoms with Crippen molar-refractivity contribution < 1.29 is 9.53 Å². The van der Waals surface area contributed by atoms with E-state index in [0.717, 1.165) is 38.0 Å². The monoisotopic (exact) mass is 290 g/mol. The van der Waals surface area contributed by atoms with Gasteiger partial charge in [0.05, 0.1) is 13.2 Å². The van der Waals surface area contributed by atoms with Crippen LogP contribution in [0, 0.1) is 5.92 Å². The third kappa shape index (κ3) is 3.76. The number of methoxy groups -OCH3 is 1. The van der Waals surface area contributed by atoms with Crippen molar-refractivity contribution in [2.24, 2.45) is 11.7 Å². The number of rotatable bonds is 6. The van der Waals surface area contributed by atoms with Gasteiger partial charge in [-0.25, -0.2) is 0 Å². The first kappa shape index (κ1) is 15.8. The average Bonchev–Trinajstić information content (AvgIpc) is 3.01. The highest BCUT2D eigenvalue weighted by Crippen LogP contribution is 2.34. The Balaban J connectivity index is 2.10. The normalized spacial score (nSPS) is 19.6. The highest BCUT2D eigenvalue weighted by molar-refractivity contribution is 5.79. The molecule has 0 aromatic heterocycles. The molecule has 1 aromatic carbocycles. The van der Waals surface area contributed by atoms with Gasteiger partial charge in [-0.3, -0.25) is 4.79 Å². The predicted molar refractivity (Wildman–Crippen MR) is 84.1 cm³/mol. The van der Waals surface area contributed by atoms with E-state index < -0.39 is 0 Å². The summed E-state index contributed by atoms with van der Waals surface area (Å²) >= 11 is 0. The molecule has 0 bridgehead atoms. The van der Waals surface area contributed by atoms with Crippen LogP contribution in [0.25, 0.3) is 0 Å². The maximum Gasteiger partial charge on any atom is 0.225 e. The maximum absolute atomic E-state index is 12.6. The van der Waals surface area contributed by atoms with Crippen molar-refractivity contribution in [3.05, 3.63) is 29.8 Å². The van der Waals surface area contributed by atoms with E-state index in [0.29, 0.717) is 6.54 Å². The van der Waals surface area contributed by atoms with Gasteiger partial charge >= 0.3 is 0 Å². The molecule has 1 heterocycles. The standard InChI is InChI=1S/C17H26N2O2/c1-13(6-4-10-18)17(20)19-11-5-9-16(19)14-7-3-8-15(12-14)21-2/h3,7-8,12-13,16H,4-6,9-11,18H2,1-2H3. The van der Waals surface area contributed by atoms with Crippen LogP contribution in [0.15, 0.2) is 24.3 Å². The summed E-state index contributed by atoms with van der Waals surface area (Å²) in [6.45, 7) is 3.52. The van der Waals surface area contributed by atoms with E-state index in [9.17, 15) is 4.79 Å². The van der Waals surface area contributed by atoms with Crippen molar-refractivity contribution in [3.63, 3.8) is 0 Å². The van der Waals surface area contributed by atoms with Crippen LogP contribution in [0.2, 0.25) is 0 Å². The number of amides is 1. The SMILES string of the molecule is COc1cccc(C2CCCN2C(=O)C(C)CCCN)c1. The minimum Gasteiger partial charge on any atom is -0.497 e. The second kappa shape index (κ2) is 7.46. The molecule has 0 radical (unpaired) electrons. The van der Waals surface area contributed by atoms with Crippen molar-refractivity contribution in [1.82, 2.24) is 4.90 Å². The Morgan fingerprint density at radius 1 is 1.52 bits per heavy atom. The van der Waals surface area contributed by atoms with E-state index in [4.69, 9.17) is 10.5 Å². The zero-order chi connectivity index (χ0) is 15.2. The third-order valence-electron chi connectivity index (χ3n) is 4.28. The van der Waals surface area contributed by atoms with Crippen LogP contribution in [0.5, 0.6) is 5.75 Å². The van der Waals surface area contributed by atoms with E-state index in [-0.39, 0.29) is 17.9 Å². The number of likely N-dealkylation sites (tertiary alicyclic amines) is 1. The zero-order valence-corrected chi connectivity index (χ0v) is 13.0. The molecular weight excluding hydrogens is 264 g/mol. The smallest absolute Gasteiger partial charge is 0.225 e. The zero-order valence-electron chi connectivity index (χ0n) is 13.0. The molecule has 1 aliphatic heterocycles. The number of hydrogen-bond acceptors (Lipinski definition) is 3. The number of hydrogen-bond donors (Lipinski definition) is 1. The Labute approximate surface area is 127 Å². The molecule has 1 aromatic rings. The topological polar surface area (TPSA) is 55.6 Å². The Hall–Kier alpha value is -1.55. The second-order valence-electron chi connectivity index (χ2n) is 5.80. The van der Waals surface area contributed by atoms with Gasteiger partial charge in [0.2, 0.25) is 5.91 Å². The van der Waals surface area contributed by atoms with Crippen molar-refractivity contribution >= 4 is 5.91 Å². The first-order valence-corrected chi connectivity index (χ1v) is 7.82. The number of carbonyl (C=O) groups excluding carboxylic acids is 1. The van der Waals surface area contributed by atoms with Crippen LogP contribution < -0.4 is 10.5 Å². The molecule has 0 aliphatic carbocycles. The molecule has 4 nitrogen and oxygen atoms in total. The van der Waals surface area contributed by atoms with E-state index >= 15 is 0 Å². The number of nitrogens with two attached hydrogens (primary N) is 1. The minimum absolute atomic E-state index is 0.0553. The summed E-state index contributed by atoms with van der Waals surface area (Å²) in [5.41, 5.74) is 6.71. The van der Waals surface area contributed by atoms with Crippen LogP contribution >= 0.6 is 0 Å². The molecule has 2 rings (SSSR count). The number of carbonyl (C=O) groups is 1. The van der Waals surface area contributed by atoms with E-state index in [1.165, 1.54) is 5.56 Å². The molecule has 1 saturated heterocycles. The lowest BCUT2D eigenvalue weighted by molar-refractivity contribution is -0.136. The molecule has 116 valence electrons. The quantitative estimate of drug-likeness (QED) is 0.876. The summed E-state index contributed by atoms with van der Waals surface area (Å²) < 4.78 is 5.29. The maximum atomic E-state index is 12.6. The fourth-order valence-electron chi connectivity index (χ4n) is 3.06. The molecular formula is C17H26N2O2. The molecule has 2 N–H and O–H groups in total. The largest absolute Gasteiger partial charge is 0.497 e. The van der Waals surface area contributed by atoms with Crippen LogP contribution in [0.4, 0.5) is 0 Å². The summed E-state index contributed by atoms with van der Waals surface area (Å²) in [4.78, 5) is 14.7. The average molecular weight is 290 g/mol. The number of benzene rings is 1. The fourth-order valence-corrected chi connectivity index (χ4v) is 3.06. The molecule has 2 atom stereocenters. The van der Waals surface area contributed by atoms with Crippen molar-refractivity contribution in [1.29, 1.82) is 0 Å². The lowest BCUT2D eigenvalue weighted by Gasteiger charge is -2.28. The van der Waals surface area contributed by atoms with Crippen molar-refractivity contribution in [3.8, 4) is 5.75 Å². The molecule has 21 heavy (non-hydrogen) atoms. The van der Waals surface area contributed by atoms with E-state index in [1.54, 1.807) is 7.11 Å². The first-order chi connectivity index (χ1) is 10.2. The lowest BCUT2D eigenvalue weighted by Crippen LogP contribution is -2.35. The van der Waals surface area contributed by atoms with Gasteiger partial charge < -0.3 is 15.4 Å². The number of ether oxygens (including phenoxy) is 1. The molecule has 0 saturated carbocycles. The van der Waals surface area contributed by atoms with Crippen LogP contribution in [-0.4, -0.2) is 31.0 Å². The molecule has 4 heteroatoms. The summed E-state index contributed by atoms with van der Waals surface area (Å²) in [5.74, 6) is 1.16. The van der Waals surface area contributed by atoms with Gasteiger partial charge in [0.1, 0.15) is 5.75 Å². The van der Waals surface area contributed by atoms with Gasteiger partial charge in [-0.15, -0.1) is 0 Å². The summed E-state index contributed by atoms with van der Waals surface area (Å²) in [6.07, 6.45) is 3.88.